The van der Waals surface area contributed by atoms with Crippen molar-refractivity contribution in [1.29, 1.82) is 0 Å². The molecule has 1 atom stereocenters. The highest BCUT2D eigenvalue weighted by molar-refractivity contribution is 9.10. The van der Waals surface area contributed by atoms with Crippen molar-refractivity contribution in [2.45, 2.75) is 52.2 Å². The van der Waals surface area contributed by atoms with E-state index in [1.54, 1.807) is 0 Å². The van der Waals surface area contributed by atoms with Gasteiger partial charge in [0.25, 0.3) is 0 Å². The average Bonchev–Trinajstić information content (AvgIpc) is 2.44. The maximum absolute atomic E-state index is 6.26. The summed E-state index contributed by atoms with van der Waals surface area (Å²) in [6.45, 7) is 6.20. The number of rotatable bonds is 6. The van der Waals surface area contributed by atoms with Crippen molar-refractivity contribution in [2.75, 3.05) is 6.54 Å². The van der Waals surface area contributed by atoms with E-state index < -0.39 is 0 Å². The second-order valence-electron chi connectivity index (χ2n) is 5.40. The minimum absolute atomic E-state index is 0.230. The van der Waals surface area contributed by atoms with E-state index in [0.29, 0.717) is 0 Å². The Morgan fingerprint density at radius 2 is 2.25 bits per heavy atom. The summed E-state index contributed by atoms with van der Waals surface area (Å²) in [5.74, 6) is 1.05. The van der Waals surface area contributed by atoms with E-state index in [9.17, 15) is 0 Å². The molecule has 1 aromatic rings. The first-order valence-electron chi connectivity index (χ1n) is 7.53. The molecule has 0 amide bonds. The Hall–Kier alpha value is -0.800. The van der Waals surface area contributed by atoms with Crippen molar-refractivity contribution in [1.82, 2.24) is 5.32 Å². The molecule has 1 aromatic carbocycles. The van der Waals surface area contributed by atoms with E-state index in [1.165, 1.54) is 24.0 Å². The first-order valence-corrected chi connectivity index (χ1v) is 8.33. The summed E-state index contributed by atoms with van der Waals surface area (Å²) in [6, 6.07) is 4.29. The summed E-state index contributed by atoms with van der Waals surface area (Å²) < 4.78 is 7.38. The van der Waals surface area contributed by atoms with Crippen molar-refractivity contribution in [3.8, 4) is 5.75 Å². The molecule has 20 heavy (non-hydrogen) atoms. The van der Waals surface area contributed by atoms with Crippen LogP contribution in [0.15, 0.2) is 28.8 Å². The highest BCUT2D eigenvalue weighted by Crippen LogP contribution is 2.30. The van der Waals surface area contributed by atoms with Gasteiger partial charge in [0.05, 0.1) is 0 Å². The molecule has 110 valence electrons. The summed E-state index contributed by atoms with van der Waals surface area (Å²) >= 11 is 3.58. The Morgan fingerprint density at radius 3 is 2.95 bits per heavy atom. The first kappa shape index (κ1) is 15.6. The van der Waals surface area contributed by atoms with Crippen molar-refractivity contribution in [3.05, 3.63) is 39.9 Å². The van der Waals surface area contributed by atoms with Gasteiger partial charge in [-0.2, -0.15) is 0 Å². The number of nitrogens with one attached hydrogen (secondary N) is 1. The lowest BCUT2D eigenvalue weighted by molar-refractivity contribution is 0.226. The highest BCUT2D eigenvalue weighted by atomic mass is 79.9. The van der Waals surface area contributed by atoms with E-state index in [0.717, 1.165) is 36.2 Å². The summed E-state index contributed by atoms with van der Waals surface area (Å²) in [7, 11) is 0. The molecule has 0 fully saturated rings. The third-order valence-electron chi connectivity index (χ3n) is 3.54. The molecule has 1 aliphatic rings. The largest absolute Gasteiger partial charge is 0.486 e. The van der Waals surface area contributed by atoms with Crippen LogP contribution in [0.25, 0.3) is 0 Å². The Labute approximate surface area is 130 Å². The van der Waals surface area contributed by atoms with Crippen LogP contribution in [0.2, 0.25) is 0 Å². The fourth-order valence-electron chi connectivity index (χ4n) is 2.53. The van der Waals surface area contributed by atoms with Crippen molar-refractivity contribution >= 4 is 15.9 Å². The fourth-order valence-corrected chi connectivity index (χ4v) is 3.15. The topological polar surface area (TPSA) is 21.3 Å². The summed E-state index contributed by atoms with van der Waals surface area (Å²) in [6.07, 6.45) is 9.34. The number of halogens is 1. The molecule has 0 heterocycles. The van der Waals surface area contributed by atoms with Crippen LogP contribution in [0, 0.1) is 6.92 Å². The van der Waals surface area contributed by atoms with Crippen LogP contribution < -0.4 is 10.1 Å². The van der Waals surface area contributed by atoms with Crippen LogP contribution in [0.4, 0.5) is 0 Å². The van der Waals surface area contributed by atoms with Gasteiger partial charge in [-0.3, -0.25) is 0 Å². The quantitative estimate of drug-likeness (QED) is 0.597. The molecule has 0 aromatic heterocycles. The van der Waals surface area contributed by atoms with Crippen LogP contribution >= 0.6 is 15.9 Å². The number of benzene rings is 1. The van der Waals surface area contributed by atoms with Gasteiger partial charge in [0.1, 0.15) is 11.9 Å². The summed E-state index contributed by atoms with van der Waals surface area (Å²) in [4.78, 5) is 0. The van der Waals surface area contributed by atoms with Crippen molar-refractivity contribution < 1.29 is 4.74 Å². The van der Waals surface area contributed by atoms with Gasteiger partial charge in [-0.05, 0) is 62.9 Å². The molecule has 0 aliphatic heterocycles. The predicted octanol–water partition coefficient (Wildman–Crippen LogP) is 4.74. The number of allylic oxidation sites excluding steroid dienone is 1. The normalized spacial score (nSPS) is 18.2. The van der Waals surface area contributed by atoms with E-state index in [4.69, 9.17) is 4.74 Å². The molecular weight excluding hydrogens is 314 g/mol. The highest BCUT2D eigenvalue weighted by Gasteiger charge is 2.15. The zero-order valence-electron chi connectivity index (χ0n) is 12.4. The standard InChI is InChI=1S/C17H24BrNO/c1-3-9-19-12-14-11-15(18)10-13(2)17(14)20-16-7-5-4-6-8-16/h5,7,10-11,16,19H,3-4,6,8-9,12H2,1-2H3. The third kappa shape index (κ3) is 4.35. The second kappa shape index (κ2) is 7.84. The SMILES string of the molecule is CCCNCc1cc(Br)cc(C)c1OC1C=CCCC1. The number of ether oxygens (including phenoxy) is 1. The molecular formula is C17H24BrNO. The molecule has 1 aliphatic carbocycles. The van der Waals surface area contributed by atoms with E-state index in [-0.39, 0.29) is 6.10 Å². The molecule has 1 N–H and O–H groups in total. The molecule has 0 bridgehead atoms. The lowest BCUT2D eigenvalue weighted by atomic mass is 10.0. The Bertz CT molecular complexity index is 470. The maximum Gasteiger partial charge on any atom is 0.127 e. The zero-order chi connectivity index (χ0) is 14.4. The number of hydrogen-bond acceptors (Lipinski definition) is 2. The summed E-state index contributed by atoms with van der Waals surface area (Å²) in [5, 5.41) is 3.46. The lowest BCUT2D eigenvalue weighted by Gasteiger charge is -2.22. The molecule has 0 radical (unpaired) electrons. The van der Waals surface area contributed by atoms with Crippen LogP contribution in [-0.2, 0) is 6.54 Å². The van der Waals surface area contributed by atoms with Crippen LogP contribution in [0.5, 0.6) is 5.75 Å². The maximum atomic E-state index is 6.26. The van der Waals surface area contributed by atoms with E-state index in [2.05, 4.69) is 59.4 Å². The third-order valence-corrected chi connectivity index (χ3v) is 4.00. The van der Waals surface area contributed by atoms with Crippen molar-refractivity contribution in [3.63, 3.8) is 0 Å². The monoisotopic (exact) mass is 337 g/mol. The Morgan fingerprint density at radius 1 is 1.40 bits per heavy atom. The van der Waals surface area contributed by atoms with Crippen LogP contribution in [0.3, 0.4) is 0 Å². The number of hydrogen-bond donors (Lipinski definition) is 1. The Kier molecular flexibility index (Phi) is 6.11. The predicted molar refractivity (Wildman–Crippen MR) is 88.3 cm³/mol. The smallest absolute Gasteiger partial charge is 0.127 e. The van der Waals surface area contributed by atoms with Gasteiger partial charge >= 0.3 is 0 Å². The van der Waals surface area contributed by atoms with Crippen LogP contribution in [-0.4, -0.2) is 12.6 Å². The lowest BCUT2D eigenvalue weighted by Crippen LogP contribution is -2.19. The summed E-state index contributed by atoms with van der Waals surface area (Å²) in [5.41, 5.74) is 2.44. The minimum Gasteiger partial charge on any atom is -0.486 e. The van der Waals surface area contributed by atoms with Gasteiger partial charge in [-0.15, -0.1) is 0 Å². The van der Waals surface area contributed by atoms with Gasteiger partial charge in [0, 0.05) is 16.6 Å². The molecule has 3 heteroatoms. The minimum atomic E-state index is 0.230. The molecule has 0 saturated heterocycles. The first-order chi connectivity index (χ1) is 9.70. The van der Waals surface area contributed by atoms with E-state index >= 15 is 0 Å². The number of aryl methyl sites for hydroxylation is 1. The van der Waals surface area contributed by atoms with Gasteiger partial charge in [0.2, 0.25) is 0 Å². The molecule has 0 saturated carbocycles. The molecule has 2 nitrogen and oxygen atoms in total. The molecule has 2 rings (SSSR count). The van der Waals surface area contributed by atoms with Gasteiger partial charge in [-0.25, -0.2) is 0 Å². The van der Waals surface area contributed by atoms with Crippen molar-refractivity contribution in [2.24, 2.45) is 0 Å². The second-order valence-corrected chi connectivity index (χ2v) is 6.32. The molecule has 0 spiro atoms. The average molecular weight is 338 g/mol. The fraction of sp³-hybridized carbons (Fsp3) is 0.529. The zero-order valence-corrected chi connectivity index (χ0v) is 14.0. The van der Waals surface area contributed by atoms with Crippen LogP contribution in [0.1, 0.15) is 43.7 Å². The molecule has 1 unspecified atom stereocenters. The van der Waals surface area contributed by atoms with Gasteiger partial charge in [0.15, 0.2) is 0 Å². The Balaban J connectivity index is 2.15. The van der Waals surface area contributed by atoms with Gasteiger partial charge < -0.3 is 10.1 Å². The van der Waals surface area contributed by atoms with Gasteiger partial charge in [-0.1, -0.05) is 28.9 Å². The van der Waals surface area contributed by atoms with E-state index in [1.807, 2.05) is 0 Å².